The molecule has 0 radical (unpaired) electrons. The molecular formula is C12H19N6O5P. The number of aliphatic hydroxyl groups excluding tert-OH is 1. The Morgan fingerprint density at radius 2 is 2.21 bits per heavy atom. The quantitative estimate of drug-likeness (QED) is 0.490. The van der Waals surface area contributed by atoms with Crippen molar-refractivity contribution in [2.75, 3.05) is 26.1 Å². The third-order valence-electron chi connectivity index (χ3n) is 3.84. The second-order valence-corrected chi connectivity index (χ2v) is 5.93. The van der Waals surface area contributed by atoms with Crippen LogP contribution in [-0.4, -0.2) is 68.6 Å². The van der Waals surface area contributed by atoms with Gasteiger partial charge in [0.15, 0.2) is 17.7 Å². The Kier molecular flexibility index (Phi) is 5.21. The Balaban J connectivity index is 1.99. The van der Waals surface area contributed by atoms with E-state index in [2.05, 4.69) is 20.3 Å². The number of hydrogen-bond donors (Lipinski definition) is 4. The molecule has 1 aliphatic rings. The highest BCUT2D eigenvalue weighted by molar-refractivity contribution is 7.43. The van der Waals surface area contributed by atoms with Crippen LogP contribution in [0.4, 0.5) is 5.82 Å². The predicted octanol–water partition coefficient (Wildman–Crippen LogP) is -0.664. The zero-order valence-corrected chi connectivity index (χ0v) is 14.0. The molecule has 0 bridgehead atoms. The lowest BCUT2D eigenvalue weighted by Gasteiger charge is -2.23. The number of rotatable bonds is 6. The molecule has 0 amide bonds. The minimum atomic E-state index is -2.13. The zero-order chi connectivity index (χ0) is 17.3. The van der Waals surface area contributed by atoms with Crippen LogP contribution in [0.25, 0.3) is 11.2 Å². The summed E-state index contributed by atoms with van der Waals surface area (Å²) in [7, 11) is 1.10. The van der Waals surface area contributed by atoms with Crippen LogP contribution in [-0.2, 0) is 14.0 Å². The number of aromatic nitrogens is 4. The Bertz CT molecular complexity index is 700. The van der Waals surface area contributed by atoms with Gasteiger partial charge in [0, 0.05) is 14.2 Å². The van der Waals surface area contributed by atoms with Gasteiger partial charge in [0.2, 0.25) is 0 Å². The Morgan fingerprint density at radius 3 is 2.83 bits per heavy atom. The minimum absolute atomic E-state index is 0.312. The third kappa shape index (κ3) is 2.95. The van der Waals surface area contributed by atoms with Crippen LogP contribution in [0, 0.1) is 0 Å². The molecule has 2 aromatic heterocycles. The highest BCUT2D eigenvalue weighted by Gasteiger charge is 2.48. The predicted molar refractivity (Wildman–Crippen MR) is 84.9 cm³/mol. The minimum Gasteiger partial charge on any atom is -0.394 e. The van der Waals surface area contributed by atoms with Crippen molar-refractivity contribution in [2.45, 2.75) is 24.5 Å². The maximum atomic E-state index is 9.54. The number of nitrogens with two attached hydrogens (primary N) is 1. The molecule has 3 heterocycles. The topological polar surface area (TPSA) is 150 Å². The number of ether oxygens (including phenoxy) is 2. The number of nitrogens with zero attached hydrogens (tertiary/aromatic N) is 4. The highest BCUT2D eigenvalue weighted by Crippen LogP contribution is 2.39. The number of fused-ring (bicyclic) bond motifs is 1. The summed E-state index contributed by atoms with van der Waals surface area (Å²) in [6.07, 6.45) is 0.258. The van der Waals surface area contributed by atoms with Crippen molar-refractivity contribution in [1.82, 2.24) is 19.5 Å². The molecule has 1 saturated heterocycles. The van der Waals surface area contributed by atoms with Gasteiger partial charge in [0.25, 0.3) is 8.53 Å². The average Bonchev–Trinajstić information content (AvgIpc) is 3.14. The van der Waals surface area contributed by atoms with Crippen molar-refractivity contribution in [3.63, 3.8) is 0 Å². The van der Waals surface area contributed by atoms with E-state index in [-0.39, 0.29) is 6.61 Å². The van der Waals surface area contributed by atoms with Gasteiger partial charge < -0.3 is 29.3 Å². The van der Waals surface area contributed by atoms with Gasteiger partial charge in [-0.2, -0.15) is 0 Å². The Morgan fingerprint density at radius 1 is 1.42 bits per heavy atom. The number of anilines is 1. The van der Waals surface area contributed by atoms with Crippen LogP contribution in [0.5, 0.6) is 0 Å². The number of imidazole rings is 1. The molecule has 132 valence electrons. The molecule has 1 aliphatic heterocycles. The van der Waals surface area contributed by atoms with Crippen LogP contribution in [0.2, 0.25) is 0 Å². The molecule has 0 spiro atoms. The van der Waals surface area contributed by atoms with Crippen LogP contribution >= 0.6 is 8.53 Å². The van der Waals surface area contributed by atoms with E-state index in [1.54, 1.807) is 17.9 Å². The lowest BCUT2D eigenvalue weighted by Crippen LogP contribution is -2.36. The maximum Gasteiger partial charge on any atom is 0.250 e. The van der Waals surface area contributed by atoms with E-state index < -0.39 is 33.1 Å². The summed E-state index contributed by atoms with van der Waals surface area (Å²) in [5, 5.41) is 12.5. The van der Waals surface area contributed by atoms with Gasteiger partial charge in [0.05, 0.1) is 12.9 Å². The van der Waals surface area contributed by atoms with Gasteiger partial charge >= 0.3 is 0 Å². The molecule has 3 rings (SSSR count). The molecule has 5 atom stereocenters. The lowest BCUT2D eigenvalue weighted by molar-refractivity contribution is -0.0583. The Labute approximate surface area is 138 Å². The lowest BCUT2D eigenvalue weighted by atomic mass is 10.1. The highest BCUT2D eigenvalue weighted by atomic mass is 31.2. The van der Waals surface area contributed by atoms with E-state index >= 15 is 0 Å². The first-order valence-corrected chi connectivity index (χ1v) is 8.43. The number of hydrogen-bond acceptors (Lipinski definition) is 10. The molecule has 0 saturated carbocycles. The largest absolute Gasteiger partial charge is 0.394 e. The first kappa shape index (κ1) is 17.4. The first-order valence-electron chi connectivity index (χ1n) is 7.15. The van der Waals surface area contributed by atoms with Gasteiger partial charge in [-0.1, -0.05) is 0 Å². The van der Waals surface area contributed by atoms with Crippen LogP contribution in [0.3, 0.4) is 0 Å². The van der Waals surface area contributed by atoms with Crippen LogP contribution in [0.1, 0.15) is 6.23 Å². The molecule has 0 aromatic carbocycles. The fraction of sp³-hybridized carbons (Fsp3) is 0.583. The number of methoxy groups -OCH3 is 1. The number of nitrogens with one attached hydrogen (secondary N) is 1. The molecule has 1 unspecified atom stereocenters. The van der Waals surface area contributed by atoms with Gasteiger partial charge in [0.1, 0.15) is 30.2 Å². The summed E-state index contributed by atoms with van der Waals surface area (Å²) >= 11 is 0. The number of aliphatic hydroxyl groups is 1. The molecule has 24 heavy (non-hydrogen) atoms. The zero-order valence-electron chi connectivity index (χ0n) is 13.1. The molecule has 0 aliphatic carbocycles. The average molecular weight is 358 g/mol. The fourth-order valence-electron chi connectivity index (χ4n) is 2.80. The van der Waals surface area contributed by atoms with Crippen molar-refractivity contribution in [2.24, 2.45) is 5.50 Å². The standard InChI is InChI=1S/C12H19N6O5P/c1-14-10-7-11(16-4-15-10)18(5-17-7)12-9(21-2)8(23-24(13)20)6(3-19)22-12/h4-6,8-9,12,19-20H,3,13H2,1-2H3,(H,14,15,16)/t6-,8-,9-,12-,24?/m1/s1. The van der Waals surface area contributed by atoms with E-state index in [1.165, 1.54) is 13.4 Å². The summed E-state index contributed by atoms with van der Waals surface area (Å²) in [5.74, 6) is 0.582. The van der Waals surface area contributed by atoms with Crippen molar-refractivity contribution >= 4 is 25.5 Å². The summed E-state index contributed by atoms with van der Waals surface area (Å²) < 4.78 is 18.3. The van der Waals surface area contributed by atoms with Crippen molar-refractivity contribution < 1.29 is 24.0 Å². The van der Waals surface area contributed by atoms with Gasteiger partial charge in [-0.25, -0.2) is 15.0 Å². The second-order valence-electron chi connectivity index (χ2n) is 5.12. The molecule has 2 aromatic rings. The van der Waals surface area contributed by atoms with Crippen LogP contribution in [0.15, 0.2) is 12.7 Å². The smallest absolute Gasteiger partial charge is 0.250 e. The third-order valence-corrected chi connectivity index (χ3v) is 4.30. The van der Waals surface area contributed by atoms with Crippen LogP contribution < -0.4 is 10.8 Å². The molecular weight excluding hydrogens is 339 g/mol. The maximum absolute atomic E-state index is 9.54. The monoisotopic (exact) mass is 358 g/mol. The Hall–Kier alpha value is -1.46. The van der Waals surface area contributed by atoms with E-state index in [0.717, 1.165) is 0 Å². The normalized spacial score (nSPS) is 28.4. The summed E-state index contributed by atoms with van der Waals surface area (Å²) in [6, 6.07) is 0. The SMILES string of the molecule is CNc1ncnc2c1ncn2[C@@H]1O[C@H](CO)[C@@H](OP(N)O)[C@H]1OC. The van der Waals surface area contributed by atoms with E-state index in [0.29, 0.717) is 17.0 Å². The first-order chi connectivity index (χ1) is 11.6. The summed E-state index contributed by atoms with van der Waals surface area (Å²) in [4.78, 5) is 22.0. The molecule has 11 nitrogen and oxygen atoms in total. The molecule has 12 heteroatoms. The van der Waals surface area contributed by atoms with Gasteiger partial charge in [-0.05, 0) is 0 Å². The summed E-state index contributed by atoms with van der Waals surface area (Å²) in [6.45, 7) is -0.312. The van der Waals surface area contributed by atoms with Gasteiger partial charge in [-0.15, -0.1) is 0 Å². The van der Waals surface area contributed by atoms with E-state index in [1.807, 2.05) is 0 Å². The van der Waals surface area contributed by atoms with Crippen molar-refractivity contribution in [1.29, 1.82) is 0 Å². The molecule has 5 N–H and O–H groups in total. The van der Waals surface area contributed by atoms with Gasteiger partial charge in [-0.3, -0.25) is 10.1 Å². The summed E-state index contributed by atoms with van der Waals surface area (Å²) in [5.41, 5.74) is 6.47. The van der Waals surface area contributed by atoms with E-state index in [4.69, 9.17) is 19.5 Å². The fourth-order valence-corrected chi connectivity index (χ4v) is 3.31. The molecule has 1 fully saturated rings. The van der Waals surface area contributed by atoms with Crippen molar-refractivity contribution in [3.05, 3.63) is 12.7 Å². The second kappa shape index (κ2) is 7.19. The van der Waals surface area contributed by atoms with E-state index in [9.17, 15) is 10.00 Å². The van der Waals surface area contributed by atoms with Crippen molar-refractivity contribution in [3.8, 4) is 0 Å².